The number of pyridine rings is 1. The Labute approximate surface area is 209 Å². The molecule has 1 aliphatic rings. The summed E-state index contributed by atoms with van der Waals surface area (Å²) in [6.45, 7) is -1.02. The van der Waals surface area contributed by atoms with Crippen molar-refractivity contribution in [3.63, 3.8) is 0 Å². The number of imidazole rings is 1. The second-order valence-corrected chi connectivity index (χ2v) is 8.47. The fourth-order valence-corrected chi connectivity index (χ4v) is 3.99. The number of alkyl halides is 5. The summed E-state index contributed by atoms with van der Waals surface area (Å²) in [5.41, 5.74) is 1.14. The van der Waals surface area contributed by atoms with Gasteiger partial charge in [-0.1, -0.05) is 6.07 Å². The second-order valence-electron chi connectivity index (χ2n) is 8.47. The van der Waals surface area contributed by atoms with Crippen molar-refractivity contribution >= 4 is 23.1 Å². The van der Waals surface area contributed by atoms with Gasteiger partial charge in [0.05, 0.1) is 18.2 Å². The molecule has 9 nitrogen and oxygen atoms in total. The Hall–Kier alpha value is -4.43. The molecule has 5 rings (SSSR count). The molecule has 0 spiro atoms. The Kier molecular flexibility index (Phi) is 6.28. The van der Waals surface area contributed by atoms with E-state index in [1.807, 2.05) is 0 Å². The molecule has 3 aromatic heterocycles. The molecular weight excluding hydrogens is 522 g/mol. The lowest BCUT2D eigenvalue weighted by Gasteiger charge is -2.40. The average Bonchev–Trinajstić information content (AvgIpc) is 3.47. The van der Waals surface area contributed by atoms with Gasteiger partial charge in [0.2, 0.25) is 11.8 Å². The monoisotopic (exact) mass is 538 g/mol. The molecule has 0 saturated carbocycles. The summed E-state index contributed by atoms with van der Waals surface area (Å²) >= 11 is 0. The minimum atomic E-state index is -5.05. The zero-order valence-electron chi connectivity index (χ0n) is 19.1. The first-order chi connectivity index (χ1) is 18.0. The van der Waals surface area contributed by atoms with E-state index >= 15 is 0 Å². The molecular formula is C23H16F6N6O3. The summed E-state index contributed by atoms with van der Waals surface area (Å²) < 4.78 is 84.1. The van der Waals surface area contributed by atoms with Gasteiger partial charge in [0, 0.05) is 36.7 Å². The lowest BCUT2D eigenvalue weighted by molar-refractivity contribution is -0.191. The third-order valence-corrected chi connectivity index (χ3v) is 5.85. The fourth-order valence-electron chi connectivity index (χ4n) is 3.99. The van der Waals surface area contributed by atoms with Crippen molar-refractivity contribution in [3.05, 3.63) is 66.2 Å². The largest absolute Gasteiger partial charge is 0.471 e. The number of nitrogens with zero attached hydrogens (tertiary/aromatic N) is 6. The van der Waals surface area contributed by atoms with Crippen molar-refractivity contribution in [2.45, 2.75) is 19.1 Å². The van der Waals surface area contributed by atoms with E-state index in [0.29, 0.717) is 21.8 Å². The van der Waals surface area contributed by atoms with E-state index in [1.54, 1.807) is 16.8 Å². The summed E-state index contributed by atoms with van der Waals surface area (Å²) in [5, 5.41) is 6.87. The summed E-state index contributed by atoms with van der Waals surface area (Å²) in [6, 6.07) is 8.12. The summed E-state index contributed by atoms with van der Waals surface area (Å²) in [6.07, 6.45) is -4.86. The average molecular weight is 538 g/mol. The minimum absolute atomic E-state index is 0.146. The number of anilines is 1. The highest BCUT2D eigenvalue weighted by Gasteiger charge is 2.48. The molecule has 1 aliphatic heterocycles. The maximum atomic E-state index is 13.9. The number of rotatable bonds is 6. The van der Waals surface area contributed by atoms with Crippen molar-refractivity contribution in [3.8, 4) is 11.5 Å². The van der Waals surface area contributed by atoms with Crippen LogP contribution in [0.5, 0.6) is 0 Å². The van der Waals surface area contributed by atoms with Crippen LogP contribution in [0.2, 0.25) is 0 Å². The van der Waals surface area contributed by atoms with E-state index in [1.165, 1.54) is 35.2 Å². The van der Waals surface area contributed by atoms with E-state index < -0.39 is 55.1 Å². The van der Waals surface area contributed by atoms with Gasteiger partial charge in [0.15, 0.2) is 0 Å². The third kappa shape index (κ3) is 4.90. The van der Waals surface area contributed by atoms with Crippen molar-refractivity contribution in [2.75, 3.05) is 18.0 Å². The third-order valence-electron chi connectivity index (χ3n) is 5.85. The Balaban J connectivity index is 1.39. The van der Waals surface area contributed by atoms with Gasteiger partial charge in [-0.15, -0.1) is 10.2 Å². The summed E-state index contributed by atoms with van der Waals surface area (Å²) in [5.74, 6) is -5.17. The standard InChI is InChI=1S/C23H16F6N6O3/c24-14-2-1-3-16(7-14)35(21(36)13-8-34(9-13)22(37)23(27,28)29)11-15-10-33-5-4-12(6-17(33)30-15)19-31-32-20(38-19)18(25)26/h1-7,10,13,18H,8-9,11H2. The molecule has 0 atom stereocenters. The van der Waals surface area contributed by atoms with Crippen molar-refractivity contribution in [1.82, 2.24) is 24.5 Å². The number of benzene rings is 1. The SMILES string of the molecule is O=C(C1CN(C(=O)C(F)(F)F)C1)N(Cc1cn2ccc(-c3nnc(C(F)F)o3)cc2n1)c1cccc(F)c1. The number of hydrogen-bond acceptors (Lipinski definition) is 6. The Bertz CT molecular complexity index is 1510. The highest BCUT2D eigenvalue weighted by atomic mass is 19.4. The van der Waals surface area contributed by atoms with Gasteiger partial charge in [-0.05, 0) is 30.3 Å². The highest BCUT2D eigenvalue weighted by Crippen LogP contribution is 2.29. The van der Waals surface area contributed by atoms with E-state index in [-0.39, 0.29) is 18.1 Å². The molecule has 15 heteroatoms. The molecule has 4 aromatic rings. The van der Waals surface area contributed by atoms with Crippen LogP contribution in [0.4, 0.5) is 32.0 Å². The van der Waals surface area contributed by atoms with E-state index in [2.05, 4.69) is 15.2 Å². The number of carbonyl (C=O) groups is 2. The van der Waals surface area contributed by atoms with Gasteiger partial charge in [0.25, 0.3) is 5.89 Å². The van der Waals surface area contributed by atoms with Gasteiger partial charge in [0.1, 0.15) is 11.5 Å². The lowest BCUT2D eigenvalue weighted by Crippen LogP contribution is -2.59. The Morgan fingerprint density at radius 2 is 1.89 bits per heavy atom. The van der Waals surface area contributed by atoms with Crippen LogP contribution in [-0.4, -0.2) is 55.6 Å². The van der Waals surface area contributed by atoms with Crippen LogP contribution < -0.4 is 4.90 Å². The summed E-state index contributed by atoms with van der Waals surface area (Å²) in [4.78, 5) is 30.8. The van der Waals surface area contributed by atoms with Crippen molar-refractivity contribution in [1.29, 1.82) is 0 Å². The van der Waals surface area contributed by atoms with Crippen LogP contribution in [0, 0.1) is 11.7 Å². The van der Waals surface area contributed by atoms with Gasteiger partial charge in [-0.3, -0.25) is 9.59 Å². The number of likely N-dealkylation sites (tertiary alicyclic amines) is 1. The second kappa shape index (κ2) is 9.46. The van der Waals surface area contributed by atoms with E-state index in [0.717, 1.165) is 6.07 Å². The predicted molar refractivity (Wildman–Crippen MR) is 117 cm³/mol. The molecule has 0 bridgehead atoms. The molecule has 1 fully saturated rings. The van der Waals surface area contributed by atoms with E-state index in [9.17, 15) is 35.9 Å². The van der Waals surface area contributed by atoms with Crippen LogP contribution in [0.1, 0.15) is 18.0 Å². The number of fused-ring (bicyclic) bond motifs is 1. The first-order valence-corrected chi connectivity index (χ1v) is 11.0. The molecule has 4 heterocycles. The van der Waals surface area contributed by atoms with Gasteiger partial charge >= 0.3 is 18.5 Å². The molecule has 1 saturated heterocycles. The Morgan fingerprint density at radius 1 is 1.13 bits per heavy atom. The number of aromatic nitrogens is 4. The van der Waals surface area contributed by atoms with Crippen LogP contribution in [-0.2, 0) is 16.1 Å². The molecule has 0 aliphatic carbocycles. The number of carbonyl (C=O) groups excluding carboxylic acids is 2. The molecule has 198 valence electrons. The maximum absolute atomic E-state index is 13.9. The Morgan fingerprint density at radius 3 is 2.55 bits per heavy atom. The van der Waals surface area contributed by atoms with Crippen molar-refractivity contribution < 1.29 is 40.3 Å². The normalized spacial score (nSPS) is 14.2. The van der Waals surface area contributed by atoms with E-state index in [4.69, 9.17) is 4.42 Å². The van der Waals surface area contributed by atoms with Crippen LogP contribution in [0.3, 0.4) is 0 Å². The molecule has 0 N–H and O–H groups in total. The maximum Gasteiger partial charge on any atom is 0.471 e. The number of hydrogen-bond donors (Lipinski definition) is 0. The van der Waals surface area contributed by atoms with Crippen molar-refractivity contribution in [2.24, 2.45) is 5.92 Å². The van der Waals surface area contributed by atoms with Gasteiger partial charge < -0.3 is 18.6 Å². The fraction of sp³-hybridized carbons (Fsp3) is 0.261. The van der Waals surface area contributed by atoms with Gasteiger partial charge in [-0.25, -0.2) is 9.37 Å². The molecule has 1 aromatic carbocycles. The highest BCUT2D eigenvalue weighted by molar-refractivity contribution is 5.97. The molecule has 38 heavy (non-hydrogen) atoms. The quantitative estimate of drug-likeness (QED) is 0.344. The molecule has 2 amide bonds. The van der Waals surface area contributed by atoms with Crippen LogP contribution >= 0.6 is 0 Å². The first kappa shape index (κ1) is 25.2. The molecule has 0 unspecified atom stereocenters. The van der Waals surface area contributed by atoms with Crippen LogP contribution in [0.15, 0.2) is 53.2 Å². The summed E-state index contributed by atoms with van der Waals surface area (Å²) in [7, 11) is 0. The van der Waals surface area contributed by atoms with Gasteiger partial charge in [-0.2, -0.15) is 22.0 Å². The number of halogens is 6. The topological polar surface area (TPSA) is 96.8 Å². The zero-order chi connectivity index (χ0) is 27.2. The number of amides is 2. The smallest absolute Gasteiger partial charge is 0.415 e. The lowest BCUT2D eigenvalue weighted by atomic mass is 9.97. The minimum Gasteiger partial charge on any atom is -0.415 e. The predicted octanol–water partition coefficient (Wildman–Crippen LogP) is 4.01. The van der Waals surface area contributed by atoms with Crippen LogP contribution in [0.25, 0.3) is 17.1 Å². The zero-order valence-corrected chi connectivity index (χ0v) is 19.1. The molecule has 0 radical (unpaired) electrons. The first-order valence-electron chi connectivity index (χ1n) is 11.0.